The van der Waals surface area contributed by atoms with Crippen LogP contribution in [0.25, 0.3) is 0 Å². The van der Waals surface area contributed by atoms with E-state index in [-0.39, 0.29) is 30.9 Å². The highest BCUT2D eigenvalue weighted by Gasteiger charge is 2.32. The third kappa shape index (κ3) is 4.90. The van der Waals surface area contributed by atoms with E-state index in [1.807, 2.05) is 0 Å². The number of rotatable bonds is 8. The molecule has 1 saturated heterocycles. The highest BCUT2D eigenvalue weighted by molar-refractivity contribution is 5.97. The molecular weight excluding hydrogens is 376 g/mol. The van der Waals surface area contributed by atoms with Gasteiger partial charge in [0.25, 0.3) is 5.91 Å². The van der Waals surface area contributed by atoms with Crippen molar-refractivity contribution < 1.29 is 28.5 Å². The maximum Gasteiger partial charge on any atom is 0.258 e. The number of ether oxygens (including phenoxy) is 4. The maximum atomic E-state index is 12.4. The molecule has 8 heteroatoms. The number of hydrogen-bond donors (Lipinski definition) is 1. The van der Waals surface area contributed by atoms with Gasteiger partial charge in [0.15, 0.2) is 18.1 Å². The lowest BCUT2D eigenvalue weighted by molar-refractivity contribution is -0.123. The summed E-state index contributed by atoms with van der Waals surface area (Å²) in [5.41, 5.74) is 0.692. The number of nitrogens with one attached hydrogen (secondary N) is 1. The average molecular weight is 400 g/mol. The summed E-state index contributed by atoms with van der Waals surface area (Å²) in [5.74, 6) is 1.94. The van der Waals surface area contributed by atoms with Crippen LogP contribution in [0.15, 0.2) is 42.5 Å². The minimum Gasteiger partial charge on any atom is -0.497 e. The van der Waals surface area contributed by atoms with Crippen LogP contribution in [-0.4, -0.2) is 52.3 Å². The van der Waals surface area contributed by atoms with Crippen LogP contribution in [0.5, 0.6) is 23.0 Å². The predicted molar refractivity (Wildman–Crippen MR) is 107 cm³/mol. The number of methoxy groups -OCH3 is 3. The highest BCUT2D eigenvalue weighted by Crippen LogP contribution is 2.33. The molecule has 154 valence electrons. The Labute approximate surface area is 169 Å². The molecule has 2 amide bonds. The fraction of sp³-hybridized carbons (Fsp3) is 0.333. The van der Waals surface area contributed by atoms with Gasteiger partial charge in [0.2, 0.25) is 5.91 Å². The molecule has 0 radical (unpaired) electrons. The van der Waals surface area contributed by atoms with Crippen LogP contribution in [-0.2, 0) is 9.59 Å². The molecule has 1 aliphatic heterocycles. The molecule has 0 aromatic heterocycles. The summed E-state index contributed by atoms with van der Waals surface area (Å²) in [6.07, 6.45) is 0.221. The standard InChI is InChI=1S/C21H24N2O6/c1-26-16-5-4-6-17(11-16)29-13-20(24)22-14-9-21(25)23(12-14)15-7-8-18(27-2)19(10-15)28-3/h4-8,10-11,14H,9,12-13H2,1-3H3,(H,22,24). The Balaban J connectivity index is 1.56. The Bertz CT molecular complexity index is 885. The molecule has 1 fully saturated rings. The van der Waals surface area contributed by atoms with E-state index in [4.69, 9.17) is 18.9 Å². The zero-order valence-electron chi connectivity index (χ0n) is 16.6. The van der Waals surface area contributed by atoms with Gasteiger partial charge in [0.1, 0.15) is 11.5 Å². The van der Waals surface area contributed by atoms with Crippen molar-refractivity contribution in [1.29, 1.82) is 0 Å². The molecule has 1 heterocycles. The zero-order valence-corrected chi connectivity index (χ0v) is 16.6. The molecule has 2 aromatic carbocycles. The van der Waals surface area contributed by atoms with Crippen molar-refractivity contribution in [3.63, 3.8) is 0 Å². The lowest BCUT2D eigenvalue weighted by Crippen LogP contribution is -2.39. The Morgan fingerprint density at radius 1 is 1.03 bits per heavy atom. The van der Waals surface area contributed by atoms with E-state index in [9.17, 15) is 9.59 Å². The first-order chi connectivity index (χ1) is 14.0. The van der Waals surface area contributed by atoms with E-state index in [0.717, 1.165) is 0 Å². The molecule has 29 heavy (non-hydrogen) atoms. The van der Waals surface area contributed by atoms with E-state index < -0.39 is 0 Å². The van der Waals surface area contributed by atoms with E-state index in [2.05, 4.69) is 5.32 Å². The second kappa shape index (κ2) is 9.18. The van der Waals surface area contributed by atoms with Crippen LogP contribution in [0.4, 0.5) is 5.69 Å². The number of carbonyl (C=O) groups excluding carboxylic acids is 2. The molecular formula is C21H24N2O6. The normalized spacial score (nSPS) is 15.8. The summed E-state index contributed by atoms with van der Waals surface area (Å²) in [6.45, 7) is 0.230. The molecule has 1 aliphatic rings. The quantitative estimate of drug-likeness (QED) is 0.730. The van der Waals surface area contributed by atoms with Crippen LogP contribution >= 0.6 is 0 Å². The van der Waals surface area contributed by atoms with Crippen LogP contribution < -0.4 is 29.2 Å². The van der Waals surface area contributed by atoms with Crippen LogP contribution in [0, 0.1) is 0 Å². The average Bonchev–Trinajstić information content (AvgIpc) is 3.11. The second-order valence-corrected chi connectivity index (χ2v) is 6.48. The summed E-state index contributed by atoms with van der Waals surface area (Å²) in [6, 6.07) is 12.0. The van der Waals surface area contributed by atoms with E-state index in [0.29, 0.717) is 35.2 Å². The molecule has 8 nitrogen and oxygen atoms in total. The summed E-state index contributed by atoms with van der Waals surface area (Å²) < 4.78 is 21.1. The molecule has 0 saturated carbocycles. The number of nitrogens with zero attached hydrogens (tertiary/aromatic N) is 1. The van der Waals surface area contributed by atoms with Gasteiger partial charge in [-0.1, -0.05) is 6.07 Å². The number of carbonyl (C=O) groups is 2. The van der Waals surface area contributed by atoms with Gasteiger partial charge in [-0.3, -0.25) is 9.59 Å². The molecule has 0 aliphatic carbocycles. The second-order valence-electron chi connectivity index (χ2n) is 6.48. The van der Waals surface area contributed by atoms with Gasteiger partial charge in [0, 0.05) is 30.8 Å². The predicted octanol–water partition coefficient (Wildman–Crippen LogP) is 2.01. The van der Waals surface area contributed by atoms with Gasteiger partial charge in [-0.25, -0.2) is 0 Å². The van der Waals surface area contributed by atoms with E-state index in [1.165, 1.54) is 0 Å². The van der Waals surface area contributed by atoms with Gasteiger partial charge in [-0.2, -0.15) is 0 Å². The van der Waals surface area contributed by atoms with Gasteiger partial charge in [-0.05, 0) is 24.3 Å². The SMILES string of the molecule is COc1cccc(OCC(=O)NC2CC(=O)N(c3ccc(OC)c(OC)c3)C2)c1. The Kier molecular flexibility index (Phi) is 6.43. The van der Waals surface area contributed by atoms with Gasteiger partial charge >= 0.3 is 0 Å². The smallest absolute Gasteiger partial charge is 0.258 e. The number of benzene rings is 2. The molecule has 0 spiro atoms. The van der Waals surface area contributed by atoms with Gasteiger partial charge < -0.3 is 29.2 Å². The van der Waals surface area contributed by atoms with Crippen LogP contribution in [0.3, 0.4) is 0 Å². The van der Waals surface area contributed by atoms with Crippen LogP contribution in [0.2, 0.25) is 0 Å². The monoisotopic (exact) mass is 400 g/mol. The van der Waals surface area contributed by atoms with Crippen molar-refractivity contribution >= 4 is 17.5 Å². The minimum absolute atomic E-state index is 0.0729. The first kappa shape index (κ1) is 20.3. The highest BCUT2D eigenvalue weighted by atomic mass is 16.5. The summed E-state index contributed by atoms with van der Waals surface area (Å²) in [5, 5.41) is 2.85. The van der Waals surface area contributed by atoms with Crippen molar-refractivity contribution in [3.8, 4) is 23.0 Å². The molecule has 3 rings (SSSR count). The first-order valence-electron chi connectivity index (χ1n) is 9.12. The maximum absolute atomic E-state index is 12.4. The molecule has 1 atom stereocenters. The number of anilines is 1. The van der Waals surface area contributed by atoms with Gasteiger partial charge in [-0.15, -0.1) is 0 Å². The minimum atomic E-state index is -0.294. The molecule has 1 N–H and O–H groups in total. The topological polar surface area (TPSA) is 86.3 Å². The molecule has 1 unspecified atom stereocenters. The van der Waals surface area contributed by atoms with Crippen molar-refractivity contribution in [1.82, 2.24) is 5.32 Å². The summed E-state index contributed by atoms with van der Waals surface area (Å²) in [4.78, 5) is 26.3. The number of amides is 2. The van der Waals surface area contributed by atoms with Crippen LogP contribution in [0.1, 0.15) is 6.42 Å². The Morgan fingerprint density at radius 2 is 1.79 bits per heavy atom. The third-order valence-electron chi connectivity index (χ3n) is 4.58. The lowest BCUT2D eigenvalue weighted by Gasteiger charge is -2.19. The number of hydrogen-bond acceptors (Lipinski definition) is 6. The van der Waals surface area contributed by atoms with Crippen molar-refractivity contribution in [2.24, 2.45) is 0 Å². The Morgan fingerprint density at radius 3 is 2.52 bits per heavy atom. The summed E-state index contributed by atoms with van der Waals surface area (Å²) >= 11 is 0. The molecule has 2 aromatic rings. The fourth-order valence-electron chi connectivity index (χ4n) is 3.16. The van der Waals surface area contributed by atoms with E-state index >= 15 is 0 Å². The van der Waals surface area contributed by atoms with E-state index in [1.54, 1.807) is 68.7 Å². The largest absolute Gasteiger partial charge is 0.497 e. The first-order valence-corrected chi connectivity index (χ1v) is 9.12. The Hall–Kier alpha value is -3.42. The molecule has 0 bridgehead atoms. The van der Waals surface area contributed by atoms with Crippen molar-refractivity contribution in [2.75, 3.05) is 39.4 Å². The fourth-order valence-corrected chi connectivity index (χ4v) is 3.16. The summed E-state index contributed by atoms with van der Waals surface area (Å²) in [7, 11) is 4.66. The lowest BCUT2D eigenvalue weighted by atomic mass is 10.2. The third-order valence-corrected chi connectivity index (χ3v) is 4.58. The van der Waals surface area contributed by atoms with Gasteiger partial charge in [0.05, 0.1) is 27.4 Å². The van der Waals surface area contributed by atoms with Crippen molar-refractivity contribution in [2.45, 2.75) is 12.5 Å². The van der Waals surface area contributed by atoms with Crippen molar-refractivity contribution in [3.05, 3.63) is 42.5 Å². The zero-order chi connectivity index (χ0) is 20.8.